The first-order valence-electron chi connectivity index (χ1n) is 7.28. The summed E-state index contributed by atoms with van der Waals surface area (Å²) < 4.78 is 5.26. The quantitative estimate of drug-likeness (QED) is 0.841. The minimum Gasteiger partial charge on any atom is -0.444 e. The number of anilines is 1. The van der Waals surface area contributed by atoms with Crippen molar-refractivity contribution >= 4 is 30.3 Å². The van der Waals surface area contributed by atoms with Gasteiger partial charge >= 0.3 is 6.09 Å². The van der Waals surface area contributed by atoms with Crippen LogP contribution in [0.4, 0.5) is 10.5 Å². The number of benzene rings is 1. The molecule has 1 N–H and O–H groups in total. The lowest BCUT2D eigenvalue weighted by Crippen LogP contribution is -2.28. The van der Waals surface area contributed by atoms with Gasteiger partial charge in [-0.3, -0.25) is 10.1 Å². The number of hydrogen-bond acceptors (Lipinski definition) is 4. The second-order valence-corrected chi connectivity index (χ2v) is 7.15. The van der Waals surface area contributed by atoms with Crippen LogP contribution in [-0.2, 0) is 16.1 Å². The van der Waals surface area contributed by atoms with Crippen molar-refractivity contribution in [3.05, 3.63) is 29.8 Å². The Morgan fingerprint density at radius 1 is 1.41 bits per heavy atom. The maximum Gasteiger partial charge on any atom is 0.412 e. The molecule has 1 aliphatic heterocycles. The van der Waals surface area contributed by atoms with Gasteiger partial charge in [-0.1, -0.05) is 18.2 Å². The summed E-state index contributed by atoms with van der Waals surface area (Å²) in [7, 11) is 0. The van der Waals surface area contributed by atoms with E-state index in [1.54, 1.807) is 11.0 Å². The number of hydrogen-bond donors (Lipinski definition) is 2. The summed E-state index contributed by atoms with van der Waals surface area (Å²) >= 11 is 4.35. The molecule has 0 bridgehead atoms. The van der Waals surface area contributed by atoms with Gasteiger partial charge in [0.2, 0.25) is 5.91 Å². The van der Waals surface area contributed by atoms with Crippen LogP contribution in [0, 0.1) is 0 Å². The van der Waals surface area contributed by atoms with Crippen molar-refractivity contribution in [3.8, 4) is 0 Å². The Labute approximate surface area is 136 Å². The Morgan fingerprint density at radius 2 is 2.09 bits per heavy atom. The van der Waals surface area contributed by atoms with Gasteiger partial charge in [-0.15, -0.1) is 0 Å². The number of thiol groups is 1. The van der Waals surface area contributed by atoms with Gasteiger partial charge in [-0.25, -0.2) is 4.79 Å². The highest BCUT2D eigenvalue weighted by Crippen LogP contribution is 2.23. The first-order valence-corrected chi connectivity index (χ1v) is 7.80. The van der Waals surface area contributed by atoms with Crippen LogP contribution in [0.1, 0.15) is 32.8 Å². The number of likely N-dealkylation sites (tertiary alicyclic amines) is 1. The molecule has 1 aromatic rings. The molecule has 1 fully saturated rings. The first kappa shape index (κ1) is 16.7. The van der Waals surface area contributed by atoms with Gasteiger partial charge in [0, 0.05) is 30.4 Å². The molecule has 0 aromatic heterocycles. The van der Waals surface area contributed by atoms with Crippen molar-refractivity contribution in [2.45, 2.75) is 44.6 Å². The van der Waals surface area contributed by atoms with Crippen LogP contribution in [0.3, 0.4) is 0 Å². The average molecular weight is 322 g/mol. The molecule has 2 amide bonds. The average Bonchev–Trinajstić information content (AvgIpc) is 2.68. The molecule has 0 aliphatic carbocycles. The fraction of sp³-hybridized carbons (Fsp3) is 0.500. The van der Waals surface area contributed by atoms with Crippen molar-refractivity contribution in [3.63, 3.8) is 0 Å². The number of ether oxygens (including phenoxy) is 1. The zero-order chi connectivity index (χ0) is 16.3. The lowest BCUT2D eigenvalue weighted by Gasteiger charge is -2.22. The molecule has 1 aliphatic rings. The predicted molar refractivity (Wildman–Crippen MR) is 89.1 cm³/mol. The van der Waals surface area contributed by atoms with Gasteiger partial charge in [-0.05, 0) is 32.4 Å². The summed E-state index contributed by atoms with van der Waals surface area (Å²) in [5.41, 5.74) is 0.986. The summed E-state index contributed by atoms with van der Waals surface area (Å²) in [6.45, 7) is 6.53. The number of para-hydroxylation sites is 1. The lowest BCUT2D eigenvalue weighted by molar-refractivity contribution is -0.128. The van der Waals surface area contributed by atoms with E-state index < -0.39 is 11.7 Å². The number of rotatable bonds is 3. The Balaban J connectivity index is 2.07. The SMILES string of the molecule is CC(C)(C)OC(=O)Nc1ccccc1CN1CC(S)CC1=O. The second-order valence-electron chi connectivity index (χ2n) is 6.42. The molecule has 5 nitrogen and oxygen atoms in total. The number of carbonyl (C=O) groups is 2. The number of carbonyl (C=O) groups excluding carboxylic acids is 2. The van der Waals surface area contributed by atoms with Crippen LogP contribution in [0.5, 0.6) is 0 Å². The number of amides is 2. The van der Waals surface area contributed by atoms with Crippen LogP contribution >= 0.6 is 12.6 Å². The topological polar surface area (TPSA) is 58.6 Å². The molecule has 2 rings (SSSR count). The van der Waals surface area contributed by atoms with E-state index in [9.17, 15) is 9.59 Å². The van der Waals surface area contributed by atoms with E-state index in [4.69, 9.17) is 4.74 Å². The molecular formula is C16H22N2O3S. The molecule has 0 spiro atoms. The molecule has 0 saturated carbocycles. The minimum atomic E-state index is -0.552. The lowest BCUT2D eigenvalue weighted by atomic mass is 10.1. The Morgan fingerprint density at radius 3 is 2.68 bits per heavy atom. The molecule has 1 aromatic carbocycles. The molecule has 1 saturated heterocycles. The molecule has 120 valence electrons. The Bertz CT molecular complexity index is 569. The van der Waals surface area contributed by atoms with E-state index in [1.165, 1.54) is 0 Å². The van der Waals surface area contributed by atoms with Crippen molar-refractivity contribution in [1.29, 1.82) is 0 Å². The van der Waals surface area contributed by atoms with Gasteiger partial charge in [-0.2, -0.15) is 12.6 Å². The van der Waals surface area contributed by atoms with Crippen molar-refractivity contribution in [2.24, 2.45) is 0 Å². The Hall–Kier alpha value is -1.69. The number of nitrogens with one attached hydrogen (secondary N) is 1. The zero-order valence-corrected chi connectivity index (χ0v) is 14.0. The van der Waals surface area contributed by atoms with E-state index >= 15 is 0 Å². The molecule has 6 heteroatoms. The maximum atomic E-state index is 11.9. The Kier molecular flexibility index (Phi) is 5.01. The van der Waals surface area contributed by atoms with Gasteiger partial charge in [0.05, 0.1) is 0 Å². The molecule has 1 unspecified atom stereocenters. The number of nitrogens with zero attached hydrogens (tertiary/aromatic N) is 1. The molecule has 22 heavy (non-hydrogen) atoms. The third kappa shape index (κ3) is 4.66. The third-order valence-electron chi connectivity index (χ3n) is 3.21. The second kappa shape index (κ2) is 6.60. The van der Waals surface area contributed by atoms with Gasteiger partial charge in [0.25, 0.3) is 0 Å². The smallest absolute Gasteiger partial charge is 0.412 e. The summed E-state index contributed by atoms with van der Waals surface area (Å²) in [6.07, 6.45) is -0.0371. The summed E-state index contributed by atoms with van der Waals surface area (Å²) in [4.78, 5) is 25.5. The van der Waals surface area contributed by atoms with Crippen LogP contribution in [0.15, 0.2) is 24.3 Å². The fourth-order valence-corrected chi connectivity index (χ4v) is 2.66. The van der Waals surface area contributed by atoms with E-state index in [2.05, 4.69) is 17.9 Å². The molecular weight excluding hydrogens is 300 g/mol. The predicted octanol–water partition coefficient (Wildman–Crippen LogP) is 3.06. The summed E-state index contributed by atoms with van der Waals surface area (Å²) in [5, 5.41) is 2.83. The van der Waals surface area contributed by atoms with Gasteiger partial charge < -0.3 is 9.64 Å². The third-order valence-corrected chi connectivity index (χ3v) is 3.55. The van der Waals surface area contributed by atoms with Crippen LogP contribution < -0.4 is 5.32 Å². The van der Waals surface area contributed by atoms with Crippen LogP contribution in [-0.4, -0.2) is 34.3 Å². The van der Waals surface area contributed by atoms with Gasteiger partial charge in [0.1, 0.15) is 5.60 Å². The van der Waals surface area contributed by atoms with Crippen LogP contribution in [0.25, 0.3) is 0 Å². The molecule has 1 atom stereocenters. The van der Waals surface area contributed by atoms with Gasteiger partial charge in [0.15, 0.2) is 0 Å². The normalized spacial score (nSPS) is 18.5. The van der Waals surface area contributed by atoms with Crippen molar-refractivity contribution in [2.75, 3.05) is 11.9 Å². The zero-order valence-electron chi connectivity index (χ0n) is 13.1. The molecule has 1 heterocycles. The fourth-order valence-electron chi connectivity index (χ4n) is 2.30. The first-order chi connectivity index (χ1) is 10.2. The van der Waals surface area contributed by atoms with E-state index in [0.29, 0.717) is 25.2 Å². The highest BCUT2D eigenvalue weighted by atomic mass is 32.1. The van der Waals surface area contributed by atoms with Crippen molar-refractivity contribution in [1.82, 2.24) is 4.90 Å². The minimum absolute atomic E-state index is 0.0819. The summed E-state index contributed by atoms with van der Waals surface area (Å²) in [6, 6.07) is 7.42. The van der Waals surface area contributed by atoms with Crippen LogP contribution in [0.2, 0.25) is 0 Å². The van der Waals surface area contributed by atoms with E-state index in [1.807, 2.05) is 39.0 Å². The molecule has 0 radical (unpaired) electrons. The van der Waals surface area contributed by atoms with E-state index in [0.717, 1.165) is 5.56 Å². The monoisotopic (exact) mass is 322 g/mol. The standard InChI is InChI=1S/C16H22N2O3S/c1-16(2,3)21-15(20)17-13-7-5-4-6-11(13)9-18-10-12(22)8-14(18)19/h4-7,12,22H,8-10H2,1-3H3,(H,17,20). The maximum absolute atomic E-state index is 11.9. The summed E-state index contributed by atoms with van der Waals surface area (Å²) in [5.74, 6) is 0.0899. The largest absolute Gasteiger partial charge is 0.444 e. The van der Waals surface area contributed by atoms with Crippen molar-refractivity contribution < 1.29 is 14.3 Å². The highest BCUT2D eigenvalue weighted by Gasteiger charge is 2.27. The van der Waals surface area contributed by atoms with E-state index in [-0.39, 0.29) is 11.2 Å². The highest BCUT2D eigenvalue weighted by molar-refractivity contribution is 7.81.